The molecule has 4 nitrogen and oxygen atoms in total. The van der Waals surface area contributed by atoms with Crippen LogP contribution in [0, 0.1) is 0 Å². The molecule has 0 saturated heterocycles. The zero-order valence-corrected chi connectivity index (χ0v) is 17.7. The van der Waals surface area contributed by atoms with Crippen molar-refractivity contribution in [1.29, 1.82) is 0 Å². The summed E-state index contributed by atoms with van der Waals surface area (Å²) in [5.41, 5.74) is 0. The van der Waals surface area contributed by atoms with Crippen LogP contribution in [0.3, 0.4) is 0 Å². The van der Waals surface area contributed by atoms with Gasteiger partial charge in [0.2, 0.25) is 0 Å². The number of aliphatic carboxylic acids is 1. The Morgan fingerprint density at radius 2 is 1.41 bits per heavy atom. The summed E-state index contributed by atoms with van der Waals surface area (Å²) in [6.45, 7) is 0. The Morgan fingerprint density at radius 1 is 0.889 bits per heavy atom. The van der Waals surface area contributed by atoms with Crippen LogP contribution in [0.25, 0.3) is 0 Å². The van der Waals surface area contributed by atoms with Gasteiger partial charge < -0.3 is 10.00 Å². The molecule has 2 aromatic carbocycles. The average molecular weight is 425 g/mol. The highest BCUT2D eigenvalue weighted by Crippen LogP contribution is 2.51. The highest BCUT2D eigenvalue weighted by Gasteiger charge is 2.33. The smallest absolute Gasteiger partial charge is 0.303 e. The Morgan fingerprint density at radius 3 is 1.85 bits per heavy atom. The first-order valence-electron chi connectivity index (χ1n) is 8.91. The number of carboxylic acid groups (broad SMARTS) is 1. The van der Waals surface area contributed by atoms with E-state index in [2.05, 4.69) is 0 Å². The molecular formula is C20H25O4PS2. The molecule has 2 rings (SSSR count). The fourth-order valence-electron chi connectivity index (χ4n) is 2.72. The lowest BCUT2D eigenvalue weighted by atomic mass is 10.1. The molecule has 0 aliphatic heterocycles. The summed E-state index contributed by atoms with van der Waals surface area (Å²) in [4.78, 5) is 22.6. The third-order valence-electron chi connectivity index (χ3n) is 4.01. The molecule has 0 aliphatic carbocycles. The monoisotopic (exact) mass is 424 g/mol. The zero-order chi connectivity index (χ0) is 19.5. The van der Waals surface area contributed by atoms with Crippen LogP contribution in [0.1, 0.15) is 32.1 Å². The molecule has 7 heteroatoms. The van der Waals surface area contributed by atoms with Gasteiger partial charge in [0, 0.05) is 22.4 Å². The van der Waals surface area contributed by atoms with E-state index in [0.29, 0.717) is 19.0 Å². The Bertz CT molecular complexity index is 684. The minimum absolute atomic E-state index is 0.0935. The van der Waals surface area contributed by atoms with Gasteiger partial charge in [-0.15, -0.1) is 23.5 Å². The van der Waals surface area contributed by atoms with Crippen molar-refractivity contribution in [3.05, 3.63) is 60.7 Å². The quantitative estimate of drug-likeness (QED) is 0.195. The van der Waals surface area contributed by atoms with Crippen molar-refractivity contribution in [3.63, 3.8) is 0 Å². The lowest BCUT2D eigenvalue weighted by Crippen LogP contribution is -2.22. The highest BCUT2D eigenvalue weighted by molar-refractivity contribution is 8.18. The van der Waals surface area contributed by atoms with Crippen molar-refractivity contribution in [2.24, 2.45) is 0 Å². The first-order valence-corrected chi connectivity index (χ1v) is 12.1. The average Bonchev–Trinajstić information content (AvgIpc) is 2.65. The second-order valence-corrected chi connectivity index (χ2v) is 10.7. The molecule has 0 fully saturated rings. The van der Waals surface area contributed by atoms with Crippen molar-refractivity contribution in [1.82, 2.24) is 0 Å². The number of hydrogen-bond acceptors (Lipinski definition) is 4. The SMILES string of the molecule is O=C(O)CCC(CCCC[PH](=O)O)(Sc1ccccc1)Sc1ccccc1. The van der Waals surface area contributed by atoms with E-state index in [1.807, 2.05) is 60.7 Å². The molecule has 2 N–H and O–H groups in total. The molecule has 146 valence electrons. The normalized spacial score (nSPS) is 12.6. The second-order valence-electron chi connectivity index (χ2n) is 6.24. The third kappa shape index (κ3) is 8.56. The maximum absolute atomic E-state index is 11.3. The van der Waals surface area contributed by atoms with Crippen LogP contribution in [0.15, 0.2) is 70.5 Å². The van der Waals surface area contributed by atoms with Gasteiger partial charge in [-0.2, -0.15) is 0 Å². The Hall–Kier alpha value is -1.20. The summed E-state index contributed by atoms with van der Waals surface area (Å²) < 4.78 is 10.7. The molecule has 1 unspecified atom stereocenters. The van der Waals surface area contributed by atoms with Crippen LogP contribution in [0.4, 0.5) is 0 Å². The fourth-order valence-corrected chi connectivity index (χ4v) is 6.37. The summed E-state index contributed by atoms with van der Waals surface area (Å²) >= 11 is 3.40. The molecule has 0 heterocycles. The lowest BCUT2D eigenvalue weighted by Gasteiger charge is -2.33. The van der Waals surface area contributed by atoms with Gasteiger partial charge in [-0.1, -0.05) is 42.8 Å². The van der Waals surface area contributed by atoms with Crippen molar-refractivity contribution >= 4 is 37.5 Å². The van der Waals surface area contributed by atoms with Crippen molar-refractivity contribution in [2.45, 2.75) is 46.0 Å². The minimum atomic E-state index is -2.45. The molecule has 0 amide bonds. The van der Waals surface area contributed by atoms with E-state index >= 15 is 0 Å². The van der Waals surface area contributed by atoms with Gasteiger partial charge in [-0.05, 0) is 43.5 Å². The Balaban J connectivity index is 2.23. The molecule has 0 aliphatic rings. The summed E-state index contributed by atoms with van der Waals surface area (Å²) in [5, 5.41) is 9.26. The van der Waals surface area contributed by atoms with Gasteiger partial charge in [0.25, 0.3) is 0 Å². The Kier molecular flexibility index (Phi) is 9.49. The van der Waals surface area contributed by atoms with E-state index in [9.17, 15) is 14.5 Å². The van der Waals surface area contributed by atoms with Crippen LogP contribution in [-0.4, -0.2) is 26.2 Å². The minimum Gasteiger partial charge on any atom is -0.481 e. The van der Waals surface area contributed by atoms with Crippen molar-refractivity contribution in [3.8, 4) is 0 Å². The first-order chi connectivity index (χ1) is 13.0. The number of thioether (sulfide) groups is 2. The van der Waals surface area contributed by atoms with Crippen molar-refractivity contribution < 1.29 is 19.4 Å². The lowest BCUT2D eigenvalue weighted by molar-refractivity contribution is -0.137. The largest absolute Gasteiger partial charge is 0.481 e. The number of rotatable bonds is 12. The zero-order valence-electron chi connectivity index (χ0n) is 15.0. The number of carbonyl (C=O) groups is 1. The number of benzene rings is 2. The summed E-state index contributed by atoms with van der Waals surface area (Å²) in [6.07, 6.45) is 3.18. The molecule has 0 spiro atoms. The van der Waals surface area contributed by atoms with Gasteiger partial charge in [0.1, 0.15) is 0 Å². The molecule has 1 atom stereocenters. The standard InChI is InChI=1S/C20H25O4PS2/c21-19(22)13-15-20(14-7-8-16-25(23)24,26-17-9-3-1-4-10-17)27-18-11-5-2-6-12-18/h1-6,9-12,25H,7-8,13-16H2,(H,21,22)(H,23,24). The predicted molar refractivity (Wildman–Crippen MR) is 114 cm³/mol. The number of unbranched alkanes of at least 4 members (excludes halogenated alkanes) is 1. The summed E-state index contributed by atoms with van der Waals surface area (Å²) in [6, 6.07) is 20.0. The van der Waals surface area contributed by atoms with Gasteiger partial charge in [-0.3, -0.25) is 9.36 Å². The molecule has 0 radical (unpaired) electrons. The third-order valence-corrected chi connectivity index (χ3v) is 7.87. The van der Waals surface area contributed by atoms with E-state index in [0.717, 1.165) is 22.6 Å². The van der Waals surface area contributed by atoms with Gasteiger partial charge in [-0.25, -0.2) is 0 Å². The predicted octanol–water partition coefficient (Wildman–Crippen LogP) is 5.77. The number of carboxylic acids is 1. The summed E-state index contributed by atoms with van der Waals surface area (Å²) in [5.74, 6) is -0.804. The molecular weight excluding hydrogens is 399 g/mol. The first kappa shape index (κ1) is 22.1. The summed E-state index contributed by atoms with van der Waals surface area (Å²) in [7, 11) is -2.45. The van der Waals surface area contributed by atoms with Crippen molar-refractivity contribution in [2.75, 3.05) is 6.16 Å². The van der Waals surface area contributed by atoms with Gasteiger partial charge in [0.15, 0.2) is 8.03 Å². The van der Waals surface area contributed by atoms with E-state index < -0.39 is 14.0 Å². The molecule has 0 aromatic heterocycles. The van der Waals surface area contributed by atoms with Gasteiger partial charge >= 0.3 is 5.97 Å². The Labute approximate surface area is 169 Å². The molecule has 0 bridgehead atoms. The maximum Gasteiger partial charge on any atom is 0.303 e. The van der Waals surface area contributed by atoms with Crippen LogP contribution < -0.4 is 0 Å². The van der Waals surface area contributed by atoms with Crippen LogP contribution in [-0.2, 0) is 9.36 Å². The van der Waals surface area contributed by atoms with Crippen LogP contribution >= 0.6 is 31.6 Å². The second kappa shape index (κ2) is 11.6. The van der Waals surface area contributed by atoms with E-state index in [-0.39, 0.29) is 10.5 Å². The molecule has 2 aromatic rings. The number of hydrogen-bond donors (Lipinski definition) is 2. The fraction of sp³-hybridized carbons (Fsp3) is 0.350. The van der Waals surface area contributed by atoms with E-state index in [1.54, 1.807) is 23.5 Å². The van der Waals surface area contributed by atoms with E-state index in [4.69, 9.17) is 4.89 Å². The maximum atomic E-state index is 11.3. The molecule has 0 saturated carbocycles. The van der Waals surface area contributed by atoms with Gasteiger partial charge in [0.05, 0.1) is 4.08 Å². The highest BCUT2D eigenvalue weighted by atomic mass is 32.2. The topological polar surface area (TPSA) is 74.6 Å². The van der Waals surface area contributed by atoms with E-state index in [1.165, 1.54) is 0 Å². The van der Waals surface area contributed by atoms with Crippen LogP contribution in [0.5, 0.6) is 0 Å². The van der Waals surface area contributed by atoms with Crippen LogP contribution in [0.2, 0.25) is 0 Å². The molecule has 27 heavy (non-hydrogen) atoms.